The zero-order chi connectivity index (χ0) is 14.5. The molecule has 106 valence electrons. The SMILES string of the molecule is CC(N)c1ccc(SCC(=O)NCC(F)(F)F)cc1. The number of rotatable bonds is 5. The van der Waals surface area contributed by atoms with Gasteiger partial charge in [0.1, 0.15) is 6.54 Å². The average molecular weight is 292 g/mol. The summed E-state index contributed by atoms with van der Waals surface area (Å²) in [6.07, 6.45) is -4.38. The highest BCUT2D eigenvalue weighted by Gasteiger charge is 2.27. The predicted molar refractivity (Wildman–Crippen MR) is 68.8 cm³/mol. The minimum Gasteiger partial charge on any atom is -0.346 e. The number of alkyl halides is 3. The summed E-state index contributed by atoms with van der Waals surface area (Å²) in [4.78, 5) is 12.0. The Hall–Kier alpha value is -1.21. The van der Waals surface area contributed by atoms with Gasteiger partial charge < -0.3 is 11.1 Å². The van der Waals surface area contributed by atoms with Crippen LogP contribution in [0.1, 0.15) is 18.5 Å². The molecule has 1 amide bonds. The molecule has 1 aromatic rings. The maximum Gasteiger partial charge on any atom is 0.405 e. The van der Waals surface area contributed by atoms with Gasteiger partial charge in [-0.15, -0.1) is 11.8 Å². The molecular formula is C12H15F3N2OS. The van der Waals surface area contributed by atoms with Gasteiger partial charge in [-0.3, -0.25) is 4.79 Å². The Morgan fingerprint density at radius 3 is 2.42 bits per heavy atom. The molecule has 0 aliphatic rings. The molecule has 0 heterocycles. The van der Waals surface area contributed by atoms with Crippen molar-refractivity contribution in [2.75, 3.05) is 12.3 Å². The standard InChI is InChI=1S/C12H15F3N2OS/c1-8(16)9-2-4-10(5-3-9)19-6-11(18)17-7-12(13,14)15/h2-5,8H,6-7,16H2,1H3,(H,17,18). The summed E-state index contributed by atoms with van der Waals surface area (Å²) in [5.74, 6) is -0.688. The molecule has 0 aromatic heterocycles. The van der Waals surface area contributed by atoms with E-state index in [1.165, 1.54) is 11.8 Å². The topological polar surface area (TPSA) is 55.1 Å². The van der Waals surface area contributed by atoms with Crippen LogP contribution in [0.15, 0.2) is 29.2 Å². The summed E-state index contributed by atoms with van der Waals surface area (Å²) in [5, 5.41) is 1.82. The molecule has 19 heavy (non-hydrogen) atoms. The quantitative estimate of drug-likeness (QED) is 0.820. The largest absolute Gasteiger partial charge is 0.405 e. The van der Waals surface area contributed by atoms with E-state index in [4.69, 9.17) is 5.73 Å². The van der Waals surface area contributed by atoms with Crippen molar-refractivity contribution in [1.29, 1.82) is 0 Å². The molecule has 0 aliphatic heterocycles. The van der Waals surface area contributed by atoms with Crippen molar-refractivity contribution in [3.63, 3.8) is 0 Å². The van der Waals surface area contributed by atoms with E-state index in [-0.39, 0.29) is 11.8 Å². The van der Waals surface area contributed by atoms with E-state index in [0.29, 0.717) is 0 Å². The number of hydrogen-bond donors (Lipinski definition) is 2. The van der Waals surface area contributed by atoms with Crippen LogP contribution in [0.5, 0.6) is 0 Å². The van der Waals surface area contributed by atoms with Crippen LogP contribution in [-0.2, 0) is 4.79 Å². The number of nitrogens with one attached hydrogen (secondary N) is 1. The molecule has 0 aliphatic carbocycles. The van der Waals surface area contributed by atoms with Crippen LogP contribution in [-0.4, -0.2) is 24.4 Å². The summed E-state index contributed by atoms with van der Waals surface area (Å²) in [5.41, 5.74) is 6.65. The van der Waals surface area contributed by atoms with E-state index < -0.39 is 18.6 Å². The van der Waals surface area contributed by atoms with Gasteiger partial charge in [-0.25, -0.2) is 0 Å². The second-order valence-electron chi connectivity index (χ2n) is 4.04. The first-order valence-electron chi connectivity index (χ1n) is 5.60. The number of benzene rings is 1. The molecule has 0 bridgehead atoms. The van der Waals surface area contributed by atoms with Crippen LogP contribution >= 0.6 is 11.8 Å². The van der Waals surface area contributed by atoms with Gasteiger partial charge in [-0.2, -0.15) is 13.2 Å². The van der Waals surface area contributed by atoms with Crippen LogP contribution in [0.25, 0.3) is 0 Å². The first kappa shape index (κ1) is 15.8. The number of carbonyl (C=O) groups excluding carboxylic acids is 1. The number of carbonyl (C=O) groups is 1. The number of amides is 1. The zero-order valence-corrected chi connectivity index (χ0v) is 11.1. The third-order valence-corrected chi connectivity index (χ3v) is 3.27. The fraction of sp³-hybridized carbons (Fsp3) is 0.417. The Labute approximate surface area is 113 Å². The Balaban J connectivity index is 2.38. The summed E-state index contributed by atoms with van der Waals surface area (Å²) in [7, 11) is 0. The molecule has 0 radical (unpaired) electrons. The molecule has 1 unspecified atom stereocenters. The van der Waals surface area contributed by atoms with E-state index in [1.54, 1.807) is 12.1 Å². The third kappa shape index (κ3) is 6.49. The molecule has 0 spiro atoms. The van der Waals surface area contributed by atoms with Gasteiger partial charge in [0, 0.05) is 10.9 Å². The Bertz CT molecular complexity index is 418. The lowest BCUT2D eigenvalue weighted by atomic mass is 10.1. The monoisotopic (exact) mass is 292 g/mol. The molecule has 7 heteroatoms. The van der Waals surface area contributed by atoms with Crippen molar-refractivity contribution < 1.29 is 18.0 Å². The van der Waals surface area contributed by atoms with Crippen molar-refractivity contribution >= 4 is 17.7 Å². The first-order valence-corrected chi connectivity index (χ1v) is 6.58. The first-order chi connectivity index (χ1) is 8.78. The van der Waals surface area contributed by atoms with Crippen LogP contribution in [0.3, 0.4) is 0 Å². The van der Waals surface area contributed by atoms with Gasteiger partial charge in [0.15, 0.2) is 0 Å². The minimum atomic E-state index is -4.38. The van der Waals surface area contributed by atoms with Gasteiger partial charge in [0.2, 0.25) is 5.91 Å². The maximum atomic E-state index is 11.9. The van der Waals surface area contributed by atoms with E-state index in [1.807, 2.05) is 24.4 Å². The smallest absolute Gasteiger partial charge is 0.346 e. The molecule has 0 saturated carbocycles. The Morgan fingerprint density at radius 1 is 1.37 bits per heavy atom. The fourth-order valence-electron chi connectivity index (χ4n) is 1.27. The van der Waals surface area contributed by atoms with Crippen LogP contribution in [0.4, 0.5) is 13.2 Å². The predicted octanol–water partition coefficient (Wildman–Crippen LogP) is 2.48. The number of nitrogens with two attached hydrogens (primary N) is 1. The summed E-state index contributed by atoms with van der Waals surface area (Å²) < 4.78 is 35.6. The highest BCUT2D eigenvalue weighted by Crippen LogP contribution is 2.20. The molecule has 0 fully saturated rings. The summed E-state index contributed by atoms with van der Waals surface area (Å²) in [6, 6.07) is 7.18. The maximum absolute atomic E-state index is 11.9. The van der Waals surface area contributed by atoms with Crippen molar-refractivity contribution in [2.24, 2.45) is 5.73 Å². The third-order valence-electron chi connectivity index (χ3n) is 2.26. The fourth-order valence-corrected chi connectivity index (χ4v) is 1.99. The highest BCUT2D eigenvalue weighted by molar-refractivity contribution is 8.00. The molecule has 1 atom stereocenters. The average Bonchev–Trinajstić information content (AvgIpc) is 2.33. The molecule has 1 rings (SSSR count). The van der Waals surface area contributed by atoms with Crippen molar-refractivity contribution in [3.05, 3.63) is 29.8 Å². The molecule has 3 N–H and O–H groups in total. The second-order valence-corrected chi connectivity index (χ2v) is 5.09. The van der Waals surface area contributed by atoms with Crippen molar-refractivity contribution in [2.45, 2.75) is 24.0 Å². The summed E-state index contributed by atoms with van der Waals surface area (Å²) >= 11 is 1.18. The number of thioether (sulfide) groups is 1. The van der Waals surface area contributed by atoms with E-state index >= 15 is 0 Å². The zero-order valence-electron chi connectivity index (χ0n) is 10.3. The van der Waals surface area contributed by atoms with E-state index in [9.17, 15) is 18.0 Å². The Morgan fingerprint density at radius 2 is 1.95 bits per heavy atom. The highest BCUT2D eigenvalue weighted by atomic mass is 32.2. The van der Waals surface area contributed by atoms with Gasteiger partial charge >= 0.3 is 6.18 Å². The lowest BCUT2D eigenvalue weighted by molar-refractivity contribution is -0.136. The lowest BCUT2D eigenvalue weighted by Crippen LogP contribution is -2.34. The van der Waals surface area contributed by atoms with Gasteiger partial charge in [0.25, 0.3) is 0 Å². The molecular weight excluding hydrogens is 277 g/mol. The van der Waals surface area contributed by atoms with Gasteiger partial charge in [-0.1, -0.05) is 12.1 Å². The molecule has 3 nitrogen and oxygen atoms in total. The van der Waals surface area contributed by atoms with E-state index in [2.05, 4.69) is 0 Å². The van der Waals surface area contributed by atoms with Gasteiger partial charge in [0.05, 0.1) is 5.75 Å². The molecule has 1 aromatic carbocycles. The molecule has 0 saturated heterocycles. The van der Waals surface area contributed by atoms with E-state index in [0.717, 1.165) is 10.5 Å². The minimum absolute atomic E-state index is 0.0480. The summed E-state index contributed by atoms with van der Waals surface area (Å²) in [6.45, 7) is 0.558. The van der Waals surface area contributed by atoms with Crippen LogP contribution in [0, 0.1) is 0 Å². The Kier molecular flexibility index (Phi) is 5.68. The van der Waals surface area contributed by atoms with Crippen molar-refractivity contribution in [1.82, 2.24) is 5.32 Å². The normalized spacial score (nSPS) is 13.1. The number of halogens is 3. The second kappa shape index (κ2) is 6.81. The van der Waals surface area contributed by atoms with Crippen LogP contribution < -0.4 is 11.1 Å². The van der Waals surface area contributed by atoms with Crippen molar-refractivity contribution in [3.8, 4) is 0 Å². The van der Waals surface area contributed by atoms with Crippen LogP contribution in [0.2, 0.25) is 0 Å². The number of hydrogen-bond acceptors (Lipinski definition) is 3. The lowest BCUT2D eigenvalue weighted by Gasteiger charge is -2.09. The van der Waals surface area contributed by atoms with Gasteiger partial charge in [-0.05, 0) is 24.6 Å².